The third kappa shape index (κ3) is 4.52. The van der Waals surface area contributed by atoms with E-state index in [-0.39, 0.29) is 18.9 Å². The third-order valence-electron chi connectivity index (χ3n) is 2.84. The van der Waals surface area contributed by atoms with Crippen LogP contribution < -0.4 is 10.5 Å². The molecule has 0 radical (unpaired) electrons. The Kier molecular flexibility index (Phi) is 5.76. The van der Waals surface area contributed by atoms with E-state index in [2.05, 4.69) is 0 Å². The molecule has 1 aromatic rings. The standard InChI is InChI=1S/C14H20FNO3/c1-9(2)12-4-3-11(19-6-5-15)7-10(12)8-13(16)14(17)18/h3-4,7,9,13H,5-6,8,16H2,1-2H3,(H,17,18). The highest BCUT2D eigenvalue weighted by Gasteiger charge is 2.16. The largest absolute Gasteiger partial charge is 0.491 e. The van der Waals surface area contributed by atoms with Crippen LogP contribution >= 0.6 is 0 Å². The molecule has 0 aliphatic heterocycles. The number of nitrogens with two attached hydrogens (primary N) is 1. The van der Waals surface area contributed by atoms with Gasteiger partial charge in [0, 0.05) is 0 Å². The Morgan fingerprint density at radius 3 is 2.68 bits per heavy atom. The highest BCUT2D eigenvalue weighted by atomic mass is 19.1. The van der Waals surface area contributed by atoms with E-state index in [9.17, 15) is 9.18 Å². The van der Waals surface area contributed by atoms with E-state index < -0.39 is 18.7 Å². The fraction of sp³-hybridized carbons (Fsp3) is 0.500. The zero-order valence-electron chi connectivity index (χ0n) is 11.2. The molecule has 0 aliphatic rings. The molecule has 0 heterocycles. The van der Waals surface area contributed by atoms with E-state index in [1.807, 2.05) is 19.9 Å². The number of alkyl halides is 1. The molecule has 4 nitrogen and oxygen atoms in total. The van der Waals surface area contributed by atoms with Gasteiger partial charge in [-0.1, -0.05) is 19.9 Å². The highest BCUT2D eigenvalue weighted by Crippen LogP contribution is 2.25. The van der Waals surface area contributed by atoms with Gasteiger partial charge in [-0.2, -0.15) is 0 Å². The molecule has 0 saturated heterocycles. The fourth-order valence-corrected chi connectivity index (χ4v) is 1.89. The summed E-state index contributed by atoms with van der Waals surface area (Å²) in [6.45, 7) is 3.47. The Bertz CT molecular complexity index is 435. The monoisotopic (exact) mass is 269 g/mol. The SMILES string of the molecule is CC(C)c1ccc(OCCF)cc1CC(N)C(=O)O. The first-order chi connectivity index (χ1) is 8.95. The second kappa shape index (κ2) is 7.09. The topological polar surface area (TPSA) is 72.5 Å². The van der Waals surface area contributed by atoms with Gasteiger partial charge >= 0.3 is 5.97 Å². The first-order valence-corrected chi connectivity index (χ1v) is 6.25. The van der Waals surface area contributed by atoms with Crippen LogP contribution in [0.25, 0.3) is 0 Å². The molecular formula is C14H20FNO3. The lowest BCUT2D eigenvalue weighted by Crippen LogP contribution is -2.32. The predicted molar refractivity (Wildman–Crippen MR) is 71.3 cm³/mol. The van der Waals surface area contributed by atoms with E-state index in [1.165, 1.54) is 0 Å². The Morgan fingerprint density at radius 1 is 1.47 bits per heavy atom. The van der Waals surface area contributed by atoms with Gasteiger partial charge in [-0.15, -0.1) is 0 Å². The summed E-state index contributed by atoms with van der Waals surface area (Å²) in [6.07, 6.45) is 0.232. The summed E-state index contributed by atoms with van der Waals surface area (Å²) >= 11 is 0. The maximum Gasteiger partial charge on any atom is 0.320 e. The summed E-state index contributed by atoms with van der Waals surface area (Å²) in [7, 11) is 0. The molecule has 1 unspecified atom stereocenters. The van der Waals surface area contributed by atoms with Crippen molar-refractivity contribution in [1.29, 1.82) is 0 Å². The summed E-state index contributed by atoms with van der Waals surface area (Å²) in [5.41, 5.74) is 7.43. The van der Waals surface area contributed by atoms with Crippen molar-refractivity contribution in [3.8, 4) is 5.75 Å². The maximum atomic E-state index is 12.1. The van der Waals surface area contributed by atoms with Crippen molar-refractivity contribution in [3.05, 3.63) is 29.3 Å². The van der Waals surface area contributed by atoms with Gasteiger partial charge in [-0.05, 0) is 35.6 Å². The minimum Gasteiger partial charge on any atom is -0.491 e. The number of aliphatic carboxylic acids is 1. The van der Waals surface area contributed by atoms with Crippen LogP contribution in [0.3, 0.4) is 0 Å². The second-order valence-electron chi connectivity index (χ2n) is 4.70. The van der Waals surface area contributed by atoms with Crippen molar-refractivity contribution in [3.63, 3.8) is 0 Å². The van der Waals surface area contributed by atoms with Crippen molar-refractivity contribution in [2.45, 2.75) is 32.2 Å². The number of carboxylic acids is 1. The number of halogens is 1. The van der Waals surface area contributed by atoms with Crippen molar-refractivity contribution >= 4 is 5.97 Å². The van der Waals surface area contributed by atoms with Crippen molar-refractivity contribution in [2.75, 3.05) is 13.3 Å². The van der Waals surface area contributed by atoms with Gasteiger partial charge in [-0.25, -0.2) is 4.39 Å². The van der Waals surface area contributed by atoms with Gasteiger partial charge in [0.1, 0.15) is 25.1 Å². The molecule has 19 heavy (non-hydrogen) atoms. The molecule has 5 heteroatoms. The number of benzene rings is 1. The molecular weight excluding hydrogens is 249 g/mol. The summed E-state index contributed by atoms with van der Waals surface area (Å²) in [5, 5.41) is 8.88. The Morgan fingerprint density at radius 2 is 2.16 bits per heavy atom. The molecule has 0 saturated carbocycles. The number of rotatable bonds is 7. The summed E-state index contributed by atoms with van der Waals surface area (Å²) < 4.78 is 17.3. The summed E-state index contributed by atoms with van der Waals surface area (Å²) in [5.74, 6) is -0.245. The molecule has 1 rings (SSSR count). The summed E-state index contributed by atoms with van der Waals surface area (Å²) in [4.78, 5) is 10.8. The van der Waals surface area contributed by atoms with E-state index in [4.69, 9.17) is 15.6 Å². The zero-order chi connectivity index (χ0) is 14.4. The lowest BCUT2D eigenvalue weighted by atomic mass is 9.93. The quantitative estimate of drug-likeness (QED) is 0.795. The number of hydrogen-bond acceptors (Lipinski definition) is 3. The first kappa shape index (κ1) is 15.4. The lowest BCUT2D eigenvalue weighted by molar-refractivity contribution is -0.138. The van der Waals surface area contributed by atoms with Crippen LogP contribution in [0.2, 0.25) is 0 Å². The normalized spacial score (nSPS) is 12.5. The first-order valence-electron chi connectivity index (χ1n) is 6.25. The van der Waals surface area contributed by atoms with Gasteiger partial charge < -0.3 is 15.6 Å². The molecule has 0 spiro atoms. The fourth-order valence-electron chi connectivity index (χ4n) is 1.89. The van der Waals surface area contributed by atoms with E-state index in [0.717, 1.165) is 11.1 Å². The predicted octanol–water partition coefficient (Wildman–Crippen LogP) is 2.11. The van der Waals surface area contributed by atoms with Gasteiger partial charge in [0.05, 0.1) is 0 Å². The van der Waals surface area contributed by atoms with Crippen molar-refractivity contribution in [2.24, 2.45) is 5.73 Å². The van der Waals surface area contributed by atoms with Crippen LogP contribution in [-0.2, 0) is 11.2 Å². The molecule has 0 aromatic heterocycles. The van der Waals surface area contributed by atoms with Crippen LogP contribution in [0.1, 0.15) is 30.9 Å². The van der Waals surface area contributed by atoms with E-state index >= 15 is 0 Å². The van der Waals surface area contributed by atoms with Crippen LogP contribution in [0.15, 0.2) is 18.2 Å². The Balaban J connectivity index is 2.97. The molecule has 106 valence electrons. The number of carboxylic acid groups (broad SMARTS) is 1. The van der Waals surface area contributed by atoms with E-state index in [0.29, 0.717) is 5.75 Å². The van der Waals surface area contributed by atoms with E-state index in [1.54, 1.807) is 12.1 Å². The molecule has 0 fully saturated rings. The van der Waals surface area contributed by atoms with Crippen LogP contribution in [-0.4, -0.2) is 30.4 Å². The average Bonchev–Trinajstić information content (AvgIpc) is 2.36. The number of ether oxygens (including phenoxy) is 1. The Labute approximate surface area is 112 Å². The summed E-state index contributed by atoms with van der Waals surface area (Å²) in [6, 6.07) is 4.44. The second-order valence-corrected chi connectivity index (χ2v) is 4.70. The molecule has 1 atom stereocenters. The molecule has 1 aromatic carbocycles. The van der Waals surface area contributed by atoms with Gasteiger partial charge in [0.25, 0.3) is 0 Å². The minimum atomic E-state index is -1.04. The van der Waals surface area contributed by atoms with Crippen LogP contribution in [0, 0.1) is 0 Å². The van der Waals surface area contributed by atoms with Gasteiger partial charge in [-0.3, -0.25) is 4.79 Å². The van der Waals surface area contributed by atoms with Gasteiger partial charge in [0.2, 0.25) is 0 Å². The zero-order valence-corrected chi connectivity index (χ0v) is 11.2. The van der Waals surface area contributed by atoms with Crippen molar-refractivity contribution < 1.29 is 19.0 Å². The lowest BCUT2D eigenvalue weighted by Gasteiger charge is -2.16. The molecule has 0 bridgehead atoms. The Hall–Kier alpha value is -1.62. The third-order valence-corrected chi connectivity index (χ3v) is 2.84. The molecule has 0 aliphatic carbocycles. The molecule has 3 N–H and O–H groups in total. The van der Waals surface area contributed by atoms with Crippen molar-refractivity contribution in [1.82, 2.24) is 0 Å². The van der Waals surface area contributed by atoms with Gasteiger partial charge in [0.15, 0.2) is 0 Å². The molecule has 0 amide bonds. The van der Waals surface area contributed by atoms with Crippen LogP contribution in [0.5, 0.6) is 5.75 Å². The number of hydrogen-bond donors (Lipinski definition) is 2. The maximum absolute atomic E-state index is 12.1. The highest BCUT2D eigenvalue weighted by molar-refractivity contribution is 5.73. The smallest absolute Gasteiger partial charge is 0.320 e. The minimum absolute atomic E-state index is 0.00848. The van der Waals surface area contributed by atoms with Crippen LogP contribution in [0.4, 0.5) is 4.39 Å². The average molecular weight is 269 g/mol. The number of carbonyl (C=O) groups is 1.